The van der Waals surface area contributed by atoms with E-state index in [2.05, 4.69) is 49.2 Å². The molecule has 146 valence electrons. The van der Waals surface area contributed by atoms with Crippen LogP contribution < -0.4 is 4.90 Å². The second-order valence-electron chi connectivity index (χ2n) is 6.84. The van der Waals surface area contributed by atoms with Gasteiger partial charge in [0.1, 0.15) is 10.8 Å². The van der Waals surface area contributed by atoms with E-state index in [1.165, 1.54) is 5.56 Å². The van der Waals surface area contributed by atoms with Crippen molar-refractivity contribution in [1.29, 1.82) is 0 Å². The van der Waals surface area contributed by atoms with Crippen molar-refractivity contribution >= 4 is 17.6 Å². The Morgan fingerprint density at radius 1 is 1.04 bits per heavy atom. The van der Waals surface area contributed by atoms with Crippen LogP contribution in [0.15, 0.2) is 52.3 Å². The van der Waals surface area contributed by atoms with Crippen LogP contribution in [0.5, 0.6) is 0 Å². The average molecular weight is 397 g/mol. The number of nitrogens with zero attached hydrogens (tertiary/aromatic N) is 6. The van der Waals surface area contributed by atoms with E-state index in [9.17, 15) is 0 Å². The molecule has 0 unspecified atom stereocenters. The fourth-order valence-electron chi connectivity index (χ4n) is 3.26. The second kappa shape index (κ2) is 9.16. The molecule has 3 heterocycles. The molecule has 0 atom stereocenters. The highest BCUT2D eigenvalue weighted by atomic mass is 32.2. The van der Waals surface area contributed by atoms with Gasteiger partial charge in [0.2, 0.25) is 5.89 Å². The Bertz CT molecular complexity index is 887. The number of aromatic nitrogens is 4. The lowest BCUT2D eigenvalue weighted by Crippen LogP contribution is -2.31. The molecule has 0 bridgehead atoms. The predicted octanol–water partition coefficient (Wildman–Crippen LogP) is 3.17. The highest BCUT2D eigenvalue weighted by Gasteiger charge is 2.18. The summed E-state index contributed by atoms with van der Waals surface area (Å²) in [7, 11) is 0. The van der Waals surface area contributed by atoms with E-state index in [4.69, 9.17) is 9.51 Å². The Hall–Kier alpha value is -2.45. The summed E-state index contributed by atoms with van der Waals surface area (Å²) >= 11 is 1.72. The van der Waals surface area contributed by atoms with Gasteiger partial charge >= 0.3 is 0 Å². The summed E-state index contributed by atoms with van der Waals surface area (Å²) in [5.74, 6) is 3.23. The molecule has 0 N–H and O–H groups in total. The third kappa shape index (κ3) is 5.08. The Kier molecular flexibility index (Phi) is 6.18. The zero-order valence-electron chi connectivity index (χ0n) is 16.0. The normalized spacial score (nSPS) is 15.5. The molecule has 0 radical (unpaired) electrons. The van der Waals surface area contributed by atoms with Crippen LogP contribution in [0.1, 0.15) is 23.7 Å². The van der Waals surface area contributed by atoms with Gasteiger partial charge in [-0.3, -0.25) is 9.88 Å². The van der Waals surface area contributed by atoms with Crippen LogP contribution in [0.3, 0.4) is 0 Å². The van der Waals surface area contributed by atoms with Gasteiger partial charge in [-0.15, -0.1) is 11.8 Å². The fraction of sp³-hybridized carbons (Fsp3) is 0.400. The van der Waals surface area contributed by atoms with Crippen LogP contribution in [-0.2, 0) is 12.3 Å². The maximum atomic E-state index is 5.08. The van der Waals surface area contributed by atoms with E-state index in [1.807, 2.05) is 25.4 Å². The summed E-state index contributed by atoms with van der Waals surface area (Å²) in [6, 6.07) is 10.4. The maximum absolute atomic E-state index is 5.08. The van der Waals surface area contributed by atoms with Gasteiger partial charge in [0.05, 0.1) is 18.9 Å². The Labute approximate surface area is 169 Å². The molecule has 3 aromatic rings. The van der Waals surface area contributed by atoms with Crippen molar-refractivity contribution in [3.05, 3.63) is 60.0 Å². The molecule has 1 aliphatic rings. The maximum Gasteiger partial charge on any atom is 0.223 e. The standard InChI is InChI=1S/C20H24N6OS/c1-16-22-18(24-27-16)14-25-8-5-9-26(11-10-25)19-12-21-13-20(23-19)28-15-17-6-3-2-4-7-17/h2-4,6-7,12-13H,5,8-11,14-15H2,1H3. The Morgan fingerprint density at radius 3 is 2.75 bits per heavy atom. The van der Waals surface area contributed by atoms with E-state index in [0.29, 0.717) is 5.89 Å². The molecule has 2 aromatic heterocycles. The molecule has 0 saturated carbocycles. The quantitative estimate of drug-likeness (QED) is 0.589. The lowest BCUT2D eigenvalue weighted by atomic mass is 10.2. The van der Waals surface area contributed by atoms with E-state index in [-0.39, 0.29) is 0 Å². The van der Waals surface area contributed by atoms with Crippen molar-refractivity contribution in [2.24, 2.45) is 0 Å². The van der Waals surface area contributed by atoms with Crippen LogP contribution in [-0.4, -0.2) is 51.2 Å². The average Bonchev–Trinajstić information content (AvgIpc) is 2.99. The lowest BCUT2D eigenvalue weighted by Gasteiger charge is -2.22. The summed E-state index contributed by atoms with van der Waals surface area (Å²) < 4.78 is 5.08. The molecule has 1 aliphatic heterocycles. The first-order chi connectivity index (χ1) is 13.8. The molecule has 8 heteroatoms. The third-order valence-electron chi connectivity index (χ3n) is 4.68. The number of benzene rings is 1. The van der Waals surface area contributed by atoms with Crippen LogP contribution in [0.2, 0.25) is 0 Å². The fourth-order valence-corrected chi connectivity index (χ4v) is 4.06. The summed E-state index contributed by atoms with van der Waals surface area (Å²) in [4.78, 5) is 18.3. The molecule has 1 fully saturated rings. The van der Waals surface area contributed by atoms with Gasteiger partial charge in [0.15, 0.2) is 5.82 Å². The van der Waals surface area contributed by atoms with Crippen LogP contribution >= 0.6 is 11.8 Å². The zero-order chi connectivity index (χ0) is 19.2. The number of hydrogen-bond donors (Lipinski definition) is 0. The minimum Gasteiger partial charge on any atom is -0.354 e. The molecule has 0 amide bonds. The van der Waals surface area contributed by atoms with Gasteiger partial charge in [0.25, 0.3) is 0 Å². The number of aryl methyl sites for hydroxylation is 1. The molecule has 1 aromatic carbocycles. The number of thioether (sulfide) groups is 1. The van der Waals surface area contributed by atoms with E-state index in [1.54, 1.807) is 11.8 Å². The van der Waals surface area contributed by atoms with Crippen molar-refractivity contribution in [2.45, 2.75) is 30.7 Å². The van der Waals surface area contributed by atoms with Gasteiger partial charge in [-0.25, -0.2) is 4.98 Å². The molecular weight excluding hydrogens is 372 g/mol. The first-order valence-electron chi connectivity index (χ1n) is 9.51. The molecule has 28 heavy (non-hydrogen) atoms. The predicted molar refractivity (Wildman–Crippen MR) is 109 cm³/mol. The number of hydrogen-bond acceptors (Lipinski definition) is 8. The van der Waals surface area contributed by atoms with Crippen molar-refractivity contribution in [1.82, 2.24) is 25.0 Å². The molecule has 1 saturated heterocycles. The zero-order valence-corrected chi connectivity index (χ0v) is 16.8. The SMILES string of the molecule is Cc1nc(CN2CCCN(c3cncc(SCc4ccccc4)n3)CC2)no1. The third-order valence-corrected chi connectivity index (χ3v) is 5.65. The summed E-state index contributed by atoms with van der Waals surface area (Å²) in [5, 5.41) is 4.97. The summed E-state index contributed by atoms with van der Waals surface area (Å²) in [6.07, 6.45) is 4.78. The number of anilines is 1. The van der Waals surface area contributed by atoms with Gasteiger partial charge in [-0.1, -0.05) is 35.5 Å². The number of rotatable bonds is 6. The first kappa shape index (κ1) is 18.9. The molecule has 7 nitrogen and oxygen atoms in total. The van der Waals surface area contributed by atoms with Crippen LogP contribution in [0.25, 0.3) is 0 Å². The first-order valence-corrected chi connectivity index (χ1v) is 10.5. The smallest absolute Gasteiger partial charge is 0.223 e. The topological polar surface area (TPSA) is 71.2 Å². The van der Waals surface area contributed by atoms with Crippen LogP contribution in [0.4, 0.5) is 5.82 Å². The van der Waals surface area contributed by atoms with Crippen molar-refractivity contribution < 1.29 is 4.52 Å². The summed E-state index contributed by atoms with van der Waals surface area (Å²) in [5.41, 5.74) is 1.29. The molecule has 0 spiro atoms. The monoisotopic (exact) mass is 396 g/mol. The highest BCUT2D eigenvalue weighted by molar-refractivity contribution is 7.98. The largest absolute Gasteiger partial charge is 0.354 e. The van der Waals surface area contributed by atoms with E-state index < -0.39 is 0 Å². The second-order valence-corrected chi connectivity index (χ2v) is 7.83. The van der Waals surface area contributed by atoms with E-state index >= 15 is 0 Å². The molecular formula is C20H24N6OS. The van der Waals surface area contributed by atoms with Crippen molar-refractivity contribution in [3.63, 3.8) is 0 Å². The van der Waals surface area contributed by atoms with Crippen molar-refractivity contribution in [3.8, 4) is 0 Å². The lowest BCUT2D eigenvalue weighted by molar-refractivity contribution is 0.272. The molecule has 0 aliphatic carbocycles. The van der Waals surface area contributed by atoms with Gasteiger partial charge < -0.3 is 9.42 Å². The Balaban J connectivity index is 1.35. The van der Waals surface area contributed by atoms with Gasteiger partial charge in [0, 0.05) is 38.9 Å². The van der Waals surface area contributed by atoms with Gasteiger partial charge in [-0.2, -0.15) is 4.98 Å². The van der Waals surface area contributed by atoms with Crippen LogP contribution in [0, 0.1) is 6.92 Å². The minimum atomic E-state index is 0.617. The summed E-state index contributed by atoms with van der Waals surface area (Å²) in [6.45, 7) is 6.39. The molecule has 4 rings (SSSR count). The Morgan fingerprint density at radius 2 is 1.93 bits per heavy atom. The van der Waals surface area contributed by atoms with Crippen molar-refractivity contribution in [2.75, 3.05) is 31.1 Å². The van der Waals surface area contributed by atoms with Gasteiger partial charge in [-0.05, 0) is 12.0 Å². The van der Waals surface area contributed by atoms with E-state index in [0.717, 1.165) is 61.6 Å². The minimum absolute atomic E-state index is 0.617. The highest BCUT2D eigenvalue weighted by Crippen LogP contribution is 2.23.